The van der Waals surface area contributed by atoms with Crippen molar-refractivity contribution in [2.24, 2.45) is 5.92 Å². The fraction of sp³-hybridized carbons (Fsp3) is 0.444. The van der Waals surface area contributed by atoms with Crippen LogP contribution >= 0.6 is 11.3 Å². The number of rotatable bonds is 5. The molecule has 4 nitrogen and oxygen atoms in total. The molecule has 0 bridgehead atoms. The summed E-state index contributed by atoms with van der Waals surface area (Å²) in [6.07, 6.45) is 3.96. The van der Waals surface area contributed by atoms with Crippen LogP contribution in [0.25, 0.3) is 0 Å². The molecule has 1 aromatic carbocycles. The van der Waals surface area contributed by atoms with E-state index >= 15 is 0 Å². The maximum absolute atomic E-state index is 14.3. The summed E-state index contributed by atoms with van der Waals surface area (Å²) < 4.78 is 14.3. The molecule has 0 atom stereocenters. The molecule has 0 unspecified atom stereocenters. The zero-order valence-corrected chi connectivity index (χ0v) is 14.8. The summed E-state index contributed by atoms with van der Waals surface area (Å²) in [5.41, 5.74) is 1.42. The molecule has 0 amide bonds. The molecule has 6 heteroatoms. The lowest BCUT2D eigenvalue weighted by molar-refractivity contribution is 0.459. The van der Waals surface area contributed by atoms with E-state index < -0.39 is 0 Å². The largest absolute Gasteiger partial charge is 0.343 e. The molecule has 1 aliphatic heterocycles. The summed E-state index contributed by atoms with van der Waals surface area (Å²) >= 11 is 1.58. The number of halogens is 1. The molecule has 0 spiro atoms. The van der Waals surface area contributed by atoms with E-state index in [9.17, 15) is 4.39 Å². The molecule has 0 aliphatic carbocycles. The SMILES string of the molecule is CC(C)C(=N)c1cccc(F)c1Nc1cnc(C2CCNCC2)s1. The Labute approximate surface area is 146 Å². The second-order valence-electron chi connectivity index (χ2n) is 6.44. The number of para-hydroxylation sites is 1. The molecule has 3 N–H and O–H groups in total. The highest BCUT2D eigenvalue weighted by Crippen LogP contribution is 2.34. The first-order chi connectivity index (χ1) is 11.6. The fourth-order valence-electron chi connectivity index (χ4n) is 2.91. The van der Waals surface area contributed by atoms with Crippen molar-refractivity contribution in [2.75, 3.05) is 18.4 Å². The Bertz CT molecular complexity index is 720. The van der Waals surface area contributed by atoms with Gasteiger partial charge in [0.05, 0.1) is 16.9 Å². The third-order valence-corrected chi connectivity index (χ3v) is 5.42. The number of anilines is 2. The minimum atomic E-state index is -0.338. The van der Waals surface area contributed by atoms with Crippen LogP contribution in [0.1, 0.15) is 43.2 Å². The van der Waals surface area contributed by atoms with Gasteiger partial charge in [-0.3, -0.25) is 0 Å². The Morgan fingerprint density at radius 3 is 2.83 bits per heavy atom. The van der Waals surface area contributed by atoms with E-state index in [0.29, 0.717) is 22.9 Å². The van der Waals surface area contributed by atoms with E-state index in [-0.39, 0.29) is 11.7 Å². The number of piperidine rings is 1. The summed E-state index contributed by atoms with van der Waals surface area (Å²) in [6.45, 7) is 5.93. The van der Waals surface area contributed by atoms with Crippen LogP contribution in [0.2, 0.25) is 0 Å². The number of benzene rings is 1. The highest BCUT2D eigenvalue weighted by molar-refractivity contribution is 7.15. The predicted molar refractivity (Wildman–Crippen MR) is 98.3 cm³/mol. The molecule has 0 radical (unpaired) electrons. The molecule has 1 saturated heterocycles. The van der Waals surface area contributed by atoms with Gasteiger partial charge in [0, 0.05) is 17.2 Å². The summed E-state index contributed by atoms with van der Waals surface area (Å²) in [4.78, 5) is 4.53. The van der Waals surface area contributed by atoms with Gasteiger partial charge in [-0.25, -0.2) is 9.37 Å². The molecule has 1 aliphatic rings. The second-order valence-corrected chi connectivity index (χ2v) is 7.51. The van der Waals surface area contributed by atoms with Gasteiger partial charge in [0.25, 0.3) is 0 Å². The van der Waals surface area contributed by atoms with Gasteiger partial charge in [0.2, 0.25) is 0 Å². The Kier molecular flexibility index (Phi) is 5.26. The van der Waals surface area contributed by atoms with Crippen molar-refractivity contribution >= 4 is 27.7 Å². The van der Waals surface area contributed by atoms with Crippen LogP contribution < -0.4 is 10.6 Å². The molecule has 24 heavy (non-hydrogen) atoms. The summed E-state index contributed by atoms with van der Waals surface area (Å²) in [6, 6.07) is 4.87. The molecule has 2 aromatic rings. The average Bonchev–Trinajstić information content (AvgIpc) is 3.05. The van der Waals surface area contributed by atoms with Gasteiger partial charge in [-0.05, 0) is 37.9 Å². The van der Waals surface area contributed by atoms with Crippen LogP contribution in [-0.4, -0.2) is 23.8 Å². The molecule has 3 rings (SSSR count). The summed E-state index contributed by atoms with van der Waals surface area (Å²) in [7, 11) is 0. The van der Waals surface area contributed by atoms with Crippen LogP contribution in [0.4, 0.5) is 15.1 Å². The normalized spacial score (nSPS) is 15.7. The van der Waals surface area contributed by atoms with Crippen molar-refractivity contribution in [3.05, 3.63) is 40.8 Å². The first-order valence-electron chi connectivity index (χ1n) is 8.37. The zero-order valence-electron chi connectivity index (χ0n) is 14.0. The van der Waals surface area contributed by atoms with E-state index in [1.807, 2.05) is 13.8 Å². The van der Waals surface area contributed by atoms with Crippen LogP contribution in [0, 0.1) is 17.1 Å². The van der Waals surface area contributed by atoms with E-state index in [1.54, 1.807) is 29.7 Å². The number of hydrogen-bond acceptors (Lipinski definition) is 5. The maximum Gasteiger partial charge on any atom is 0.147 e. The Hall–Kier alpha value is -1.79. The van der Waals surface area contributed by atoms with Crippen molar-refractivity contribution in [1.29, 1.82) is 5.41 Å². The lowest BCUT2D eigenvalue weighted by Crippen LogP contribution is -2.26. The summed E-state index contributed by atoms with van der Waals surface area (Å²) in [5.74, 6) is 0.190. The van der Waals surface area contributed by atoms with E-state index in [0.717, 1.165) is 35.9 Å². The van der Waals surface area contributed by atoms with E-state index in [1.165, 1.54) is 6.07 Å². The number of nitrogens with zero attached hydrogens (tertiary/aromatic N) is 1. The lowest BCUT2D eigenvalue weighted by atomic mass is 9.98. The zero-order chi connectivity index (χ0) is 17.1. The third kappa shape index (κ3) is 3.65. The molecular formula is C18H23FN4S. The minimum Gasteiger partial charge on any atom is -0.343 e. The highest BCUT2D eigenvalue weighted by atomic mass is 32.1. The van der Waals surface area contributed by atoms with Gasteiger partial charge < -0.3 is 16.0 Å². The average molecular weight is 346 g/mol. The first kappa shape index (κ1) is 17.0. The van der Waals surface area contributed by atoms with Crippen molar-refractivity contribution < 1.29 is 4.39 Å². The van der Waals surface area contributed by atoms with Crippen LogP contribution in [0.15, 0.2) is 24.4 Å². The molecule has 0 saturated carbocycles. The van der Waals surface area contributed by atoms with E-state index in [2.05, 4.69) is 15.6 Å². The third-order valence-electron chi connectivity index (χ3n) is 4.34. The second kappa shape index (κ2) is 7.40. The number of hydrogen-bond donors (Lipinski definition) is 3. The van der Waals surface area contributed by atoms with Gasteiger partial charge in [0.1, 0.15) is 10.8 Å². The maximum atomic E-state index is 14.3. The van der Waals surface area contributed by atoms with Crippen molar-refractivity contribution in [3.63, 3.8) is 0 Å². The number of nitrogens with one attached hydrogen (secondary N) is 3. The van der Waals surface area contributed by atoms with Crippen LogP contribution in [-0.2, 0) is 0 Å². The van der Waals surface area contributed by atoms with Crippen molar-refractivity contribution in [3.8, 4) is 0 Å². The van der Waals surface area contributed by atoms with Crippen molar-refractivity contribution in [1.82, 2.24) is 10.3 Å². The molecule has 128 valence electrons. The topological polar surface area (TPSA) is 60.8 Å². The smallest absolute Gasteiger partial charge is 0.147 e. The molecule has 1 aromatic heterocycles. The highest BCUT2D eigenvalue weighted by Gasteiger charge is 2.20. The molecule has 2 heterocycles. The first-order valence-corrected chi connectivity index (χ1v) is 9.18. The minimum absolute atomic E-state index is 0.0408. The van der Waals surface area contributed by atoms with Crippen molar-refractivity contribution in [2.45, 2.75) is 32.6 Å². The molecule has 1 fully saturated rings. The number of thiazole rings is 1. The predicted octanol–water partition coefficient (Wildman–Crippen LogP) is 4.52. The monoisotopic (exact) mass is 346 g/mol. The Morgan fingerprint density at radius 1 is 1.38 bits per heavy atom. The standard InChI is InChI=1S/C18H23FN4S/c1-11(2)16(20)13-4-3-5-14(19)17(13)23-15-10-22-18(24-15)12-6-8-21-9-7-12/h3-5,10-12,20-21,23H,6-9H2,1-2H3. The molecular weight excluding hydrogens is 323 g/mol. The van der Waals surface area contributed by atoms with Gasteiger partial charge >= 0.3 is 0 Å². The van der Waals surface area contributed by atoms with Crippen LogP contribution in [0.5, 0.6) is 0 Å². The number of aromatic nitrogens is 1. The van der Waals surface area contributed by atoms with Crippen LogP contribution in [0.3, 0.4) is 0 Å². The Morgan fingerprint density at radius 2 is 2.12 bits per heavy atom. The van der Waals surface area contributed by atoms with Gasteiger partial charge in [-0.15, -0.1) is 11.3 Å². The lowest BCUT2D eigenvalue weighted by Gasteiger charge is -2.20. The van der Waals surface area contributed by atoms with Gasteiger partial charge in [0.15, 0.2) is 0 Å². The fourth-order valence-corrected chi connectivity index (χ4v) is 3.90. The van der Waals surface area contributed by atoms with E-state index in [4.69, 9.17) is 5.41 Å². The van der Waals surface area contributed by atoms with Gasteiger partial charge in [-0.2, -0.15) is 0 Å². The quantitative estimate of drug-likeness (QED) is 0.698. The summed E-state index contributed by atoms with van der Waals surface area (Å²) in [5, 5.41) is 16.7. The van der Waals surface area contributed by atoms with Gasteiger partial charge in [-0.1, -0.05) is 26.0 Å². The Balaban J connectivity index is 1.83.